The van der Waals surface area contributed by atoms with Crippen LogP contribution < -0.4 is 5.32 Å². The molecule has 0 unspecified atom stereocenters. The van der Waals surface area contributed by atoms with E-state index in [4.69, 9.17) is 16.3 Å². The van der Waals surface area contributed by atoms with Crippen molar-refractivity contribution in [1.29, 1.82) is 0 Å². The third-order valence-electron chi connectivity index (χ3n) is 3.34. The van der Waals surface area contributed by atoms with Crippen LogP contribution in [0.2, 0.25) is 5.02 Å². The number of ether oxygens (including phenoxy) is 1. The summed E-state index contributed by atoms with van der Waals surface area (Å²) in [5.41, 5.74) is 0.330. The van der Waals surface area contributed by atoms with Crippen molar-refractivity contribution in [2.75, 3.05) is 0 Å². The zero-order chi connectivity index (χ0) is 14.1. The number of alkyl carbamates (subject to hydrolysis) is 1. The first-order chi connectivity index (χ1) is 8.81. The van der Waals surface area contributed by atoms with Crippen LogP contribution in [0.4, 0.5) is 4.79 Å². The topological polar surface area (TPSA) is 38.3 Å². The van der Waals surface area contributed by atoms with Gasteiger partial charge in [-0.2, -0.15) is 0 Å². The number of halogens is 1. The molecule has 4 heteroatoms. The highest BCUT2D eigenvalue weighted by Crippen LogP contribution is 2.41. The Balaban J connectivity index is 2.11. The minimum absolute atomic E-state index is 0.285. The predicted octanol–water partition coefficient (Wildman–Crippen LogP) is 4.24. The van der Waals surface area contributed by atoms with E-state index in [1.807, 2.05) is 45.0 Å². The third-order valence-corrected chi connectivity index (χ3v) is 3.60. The summed E-state index contributed by atoms with van der Waals surface area (Å²) in [6, 6.07) is 7.65. The van der Waals surface area contributed by atoms with Crippen molar-refractivity contribution in [2.45, 2.75) is 51.2 Å². The minimum atomic E-state index is -0.477. The van der Waals surface area contributed by atoms with E-state index in [2.05, 4.69) is 5.32 Å². The van der Waals surface area contributed by atoms with Gasteiger partial charge in [-0.25, -0.2) is 4.79 Å². The summed E-state index contributed by atoms with van der Waals surface area (Å²) in [6.45, 7) is 5.59. The molecule has 0 bridgehead atoms. The molecule has 0 saturated heterocycles. The number of benzene rings is 1. The molecule has 19 heavy (non-hydrogen) atoms. The average molecular weight is 282 g/mol. The molecule has 3 nitrogen and oxygen atoms in total. The molecule has 0 aliphatic heterocycles. The molecular weight excluding hydrogens is 262 g/mol. The van der Waals surface area contributed by atoms with E-state index >= 15 is 0 Å². The number of carbonyl (C=O) groups is 1. The zero-order valence-corrected chi connectivity index (χ0v) is 12.4. The van der Waals surface area contributed by atoms with Crippen LogP contribution in [0.3, 0.4) is 0 Å². The van der Waals surface area contributed by atoms with E-state index in [-0.39, 0.29) is 11.6 Å². The van der Waals surface area contributed by atoms with Gasteiger partial charge in [0.2, 0.25) is 0 Å². The zero-order valence-electron chi connectivity index (χ0n) is 11.6. The van der Waals surface area contributed by atoms with Gasteiger partial charge in [-0.05, 0) is 57.7 Å². The lowest BCUT2D eigenvalue weighted by molar-refractivity contribution is 0.0377. The molecule has 104 valence electrons. The largest absolute Gasteiger partial charge is 0.444 e. The SMILES string of the molecule is CC(C)(C)OC(=O)NC1(c2ccc(Cl)cc2)CCC1. The van der Waals surface area contributed by atoms with Crippen molar-refractivity contribution in [3.8, 4) is 0 Å². The molecule has 1 aromatic rings. The summed E-state index contributed by atoms with van der Waals surface area (Å²) in [5, 5.41) is 3.72. The Morgan fingerprint density at radius 1 is 1.26 bits per heavy atom. The van der Waals surface area contributed by atoms with E-state index in [0.717, 1.165) is 24.8 Å². The third kappa shape index (κ3) is 3.41. The quantitative estimate of drug-likeness (QED) is 0.880. The molecule has 1 aliphatic carbocycles. The van der Waals surface area contributed by atoms with E-state index in [1.54, 1.807) is 0 Å². The average Bonchev–Trinajstić information content (AvgIpc) is 2.22. The molecule has 0 spiro atoms. The molecule has 0 heterocycles. The maximum Gasteiger partial charge on any atom is 0.408 e. The van der Waals surface area contributed by atoms with Gasteiger partial charge in [-0.1, -0.05) is 23.7 Å². The van der Waals surface area contributed by atoms with Crippen LogP contribution in [0.15, 0.2) is 24.3 Å². The van der Waals surface area contributed by atoms with Crippen LogP contribution in [0.25, 0.3) is 0 Å². The van der Waals surface area contributed by atoms with Crippen molar-refractivity contribution in [3.63, 3.8) is 0 Å². The first kappa shape index (κ1) is 14.2. The van der Waals surface area contributed by atoms with Crippen molar-refractivity contribution in [3.05, 3.63) is 34.9 Å². The molecule has 1 N–H and O–H groups in total. The van der Waals surface area contributed by atoms with Crippen molar-refractivity contribution in [1.82, 2.24) is 5.32 Å². The van der Waals surface area contributed by atoms with Gasteiger partial charge in [0.1, 0.15) is 5.60 Å². The van der Waals surface area contributed by atoms with Gasteiger partial charge >= 0.3 is 6.09 Å². The summed E-state index contributed by atoms with van der Waals surface area (Å²) in [5.74, 6) is 0. The number of hydrogen-bond acceptors (Lipinski definition) is 2. The molecule has 1 fully saturated rings. The van der Waals surface area contributed by atoms with Crippen molar-refractivity contribution < 1.29 is 9.53 Å². The van der Waals surface area contributed by atoms with Crippen molar-refractivity contribution in [2.24, 2.45) is 0 Å². The molecule has 0 atom stereocenters. The summed E-state index contributed by atoms with van der Waals surface area (Å²) >= 11 is 5.90. The van der Waals surface area contributed by atoms with Crippen LogP contribution in [0, 0.1) is 0 Å². The van der Waals surface area contributed by atoms with Gasteiger partial charge in [0, 0.05) is 5.02 Å². The Hall–Kier alpha value is -1.22. The van der Waals surface area contributed by atoms with Gasteiger partial charge < -0.3 is 10.1 Å². The minimum Gasteiger partial charge on any atom is -0.444 e. The lowest BCUT2D eigenvalue weighted by Gasteiger charge is -2.43. The van der Waals surface area contributed by atoms with E-state index < -0.39 is 5.60 Å². The Morgan fingerprint density at radius 2 is 1.84 bits per heavy atom. The van der Waals surface area contributed by atoms with Gasteiger partial charge in [0.15, 0.2) is 0 Å². The molecule has 0 aromatic heterocycles. The monoisotopic (exact) mass is 281 g/mol. The molecule has 1 aliphatic rings. The second kappa shape index (κ2) is 5.04. The fourth-order valence-corrected chi connectivity index (χ4v) is 2.41. The van der Waals surface area contributed by atoms with Crippen molar-refractivity contribution >= 4 is 17.7 Å². The second-order valence-corrected chi connectivity index (χ2v) is 6.51. The summed E-state index contributed by atoms with van der Waals surface area (Å²) in [7, 11) is 0. The number of nitrogens with one attached hydrogen (secondary N) is 1. The predicted molar refractivity (Wildman–Crippen MR) is 76.4 cm³/mol. The molecule has 1 amide bonds. The molecule has 1 aromatic carbocycles. The Bertz CT molecular complexity index is 458. The molecule has 0 radical (unpaired) electrons. The highest BCUT2D eigenvalue weighted by Gasteiger charge is 2.41. The fourth-order valence-electron chi connectivity index (χ4n) is 2.28. The lowest BCUT2D eigenvalue weighted by Crippen LogP contribution is -2.52. The number of rotatable bonds is 2. The Morgan fingerprint density at radius 3 is 2.26 bits per heavy atom. The number of hydrogen-bond donors (Lipinski definition) is 1. The van der Waals surface area contributed by atoms with Crippen LogP contribution >= 0.6 is 11.6 Å². The van der Waals surface area contributed by atoms with E-state index in [9.17, 15) is 4.79 Å². The van der Waals surface area contributed by atoms with Crippen LogP contribution in [-0.2, 0) is 10.3 Å². The van der Waals surface area contributed by atoms with Gasteiger partial charge in [-0.3, -0.25) is 0 Å². The van der Waals surface area contributed by atoms with Gasteiger partial charge in [0.25, 0.3) is 0 Å². The standard InChI is InChI=1S/C15H20ClNO2/c1-14(2,3)19-13(18)17-15(9-4-10-15)11-5-7-12(16)8-6-11/h5-8H,4,9-10H2,1-3H3,(H,17,18). The molecular formula is C15H20ClNO2. The highest BCUT2D eigenvalue weighted by atomic mass is 35.5. The lowest BCUT2D eigenvalue weighted by atomic mass is 9.72. The summed E-state index contributed by atoms with van der Waals surface area (Å²) in [6.07, 6.45) is 2.63. The summed E-state index contributed by atoms with van der Waals surface area (Å²) in [4.78, 5) is 11.9. The maximum absolute atomic E-state index is 11.9. The maximum atomic E-state index is 11.9. The first-order valence-electron chi connectivity index (χ1n) is 6.58. The van der Waals surface area contributed by atoms with E-state index in [0.29, 0.717) is 5.02 Å². The fraction of sp³-hybridized carbons (Fsp3) is 0.533. The Kier molecular flexibility index (Phi) is 3.77. The highest BCUT2D eigenvalue weighted by molar-refractivity contribution is 6.30. The smallest absolute Gasteiger partial charge is 0.408 e. The number of carbonyl (C=O) groups excluding carboxylic acids is 1. The second-order valence-electron chi connectivity index (χ2n) is 6.07. The number of amides is 1. The van der Waals surface area contributed by atoms with Crippen LogP contribution in [0.5, 0.6) is 0 Å². The normalized spacial score (nSPS) is 17.5. The first-order valence-corrected chi connectivity index (χ1v) is 6.96. The summed E-state index contributed by atoms with van der Waals surface area (Å²) < 4.78 is 5.34. The Labute approximate surface area is 119 Å². The van der Waals surface area contributed by atoms with Crippen LogP contribution in [-0.4, -0.2) is 11.7 Å². The molecule has 1 saturated carbocycles. The molecule has 2 rings (SSSR count). The van der Waals surface area contributed by atoms with E-state index in [1.165, 1.54) is 0 Å². The van der Waals surface area contributed by atoms with Gasteiger partial charge in [0.05, 0.1) is 5.54 Å². The van der Waals surface area contributed by atoms with Crippen LogP contribution in [0.1, 0.15) is 45.6 Å². The van der Waals surface area contributed by atoms with Gasteiger partial charge in [-0.15, -0.1) is 0 Å².